The molecule has 1 saturated heterocycles. The molecule has 0 radical (unpaired) electrons. The number of rotatable bonds is 4. The minimum absolute atomic E-state index is 0.222. The lowest BCUT2D eigenvalue weighted by Gasteiger charge is -2.36. The zero-order valence-electron chi connectivity index (χ0n) is 21.4. The molecule has 188 valence electrons. The van der Waals surface area contributed by atoms with E-state index in [-0.39, 0.29) is 12.1 Å². The number of fused-ring (bicyclic) bond motifs is 3. The Labute approximate surface area is 210 Å². The maximum atomic E-state index is 12.3. The number of carbonyl (C=O) groups is 1. The van der Waals surface area contributed by atoms with Crippen molar-refractivity contribution < 1.29 is 9.53 Å². The summed E-state index contributed by atoms with van der Waals surface area (Å²) < 4.78 is 7.48. The average Bonchev–Trinajstić information content (AvgIpc) is 3.29. The summed E-state index contributed by atoms with van der Waals surface area (Å²) >= 11 is 0. The molecule has 0 saturated carbocycles. The molecule has 10 nitrogen and oxygen atoms in total. The Morgan fingerprint density at radius 2 is 1.72 bits per heavy atom. The van der Waals surface area contributed by atoms with Crippen LogP contribution in [-0.4, -0.2) is 67.5 Å². The van der Waals surface area contributed by atoms with Crippen molar-refractivity contribution in [1.29, 1.82) is 0 Å². The first-order chi connectivity index (χ1) is 17.2. The molecule has 4 aromatic rings. The number of pyridine rings is 1. The molecule has 0 aliphatic carbocycles. The van der Waals surface area contributed by atoms with Crippen molar-refractivity contribution in [1.82, 2.24) is 29.6 Å². The second-order valence-electron chi connectivity index (χ2n) is 10.3. The maximum Gasteiger partial charge on any atom is 0.410 e. The van der Waals surface area contributed by atoms with Crippen LogP contribution in [0.25, 0.3) is 21.8 Å². The van der Waals surface area contributed by atoms with E-state index in [1.807, 2.05) is 68.3 Å². The fourth-order valence-corrected chi connectivity index (χ4v) is 4.31. The van der Waals surface area contributed by atoms with Crippen LogP contribution in [0.15, 0.2) is 42.9 Å². The first-order valence-corrected chi connectivity index (χ1v) is 12.3. The monoisotopic (exact) mass is 488 g/mol. The summed E-state index contributed by atoms with van der Waals surface area (Å²) in [4.78, 5) is 30.1. The summed E-state index contributed by atoms with van der Waals surface area (Å²) in [6, 6.07) is 8.23. The standard InChI is InChI=1S/C26H32N8O2/c1-17(2)34-23-19(15-29-34)7-6-18-14-28-24(31-22(18)23)30-21-9-8-20(16-27-21)32-10-12-33(13-11-32)25(35)36-26(3,4)5/h6-9,14-17H,10-13H2,1-5H3,(H,27,28,30,31). The summed E-state index contributed by atoms with van der Waals surface area (Å²) in [6.45, 7) is 12.5. The van der Waals surface area contributed by atoms with Crippen molar-refractivity contribution in [2.75, 3.05) is 36.4 Å². The van der Waals surface area contributed by atoms with E-state index >= 15 is 0 Å². The topological polar surface area (TPSA) is 101 Å². The lowest BCUT2D eigenvalue weighted by atomic mass is 10.2. The molecule has 1 fully saturated rings. The van der Waals surface area contributed by atoms with Crippen LogP contribution < -0.4 is 10.2 Å². The van der Waals surface area contributed by atoms with Crippen LogP contribution in [0.2, 0.25) is 0 Å². The summed E-state index contributed by atoms with van der Waals surface area (Å²) in [5.74, 6) is 1.15. The number of nitrogens with one attached hydrogen (secondary N) is 1. The Hall–Kier alpha value is -3.95. The van der Waals surface area contributed by atoms with E-state index in [1.54, 1.807) is 4.90 Å². The fraction of sp³-hybridized carbons (Fsp3) is 0.423. The van der Waals surface area contributed by atoms with Crippen LogP contribution in [0, 0.1) is 0 Å². The molecule has 10 heteroatoms. The maximum absolute atomic E-state index is 12.3. The Balaban J connectivity index is 1.28. The van der Waals surface area contributed by atoms with Gasteiger partial charge in [0, 0.05) is 49.2 Å². The number of amides is 1. The molecular formula is C26H32N8O2. The molecule has 0 bridgehead atoms. The van der Waals surface area contributed by atoms with Gasteiger partial charge in [-0.15, -0.1) is 0 Å². The van der Waals surface area contributed by atoms with Crippen LogP contribution in [-0.2, 0) is 4.74 Å². The van der Waals surface area contributed by atoms with Gasteiger partial charge in [0.1, 0.15) is 16.9 Å². The second kappa shape index (κ2) is 9.25. The number of ether oxygens (including phenoxy) is 1. The lowest BCUT2D eigenvalue weighted by Crippen LogP contribution is -2.50. The third-order valence-corrected chi connectivity index (χ3v) is 6.08. The number of hydrogen-bond donors (Lipinski definition) is 1. The quantitative estimate of drug-likeness (QED) is 0.439. The van der Waals surface area contributed by atoms with E-state index < -0.39 is 5.60 Å². The van der Waals surface area contributed by atoms with E-state index in [9.17, 15) is 4.79 Å². The minimum Gasteiger partial charge on any atom is -0.444 e. The van der Waals surface area contributed by atoms with Gasteiger partial charge < -0.3 is 19.9 Å². The zero-order valence-corrected chi connectivity index (χ0v) is 21.4. The van der Waals surface area contributed by atoms with E-state index in [4.69, 9.17) is 9.72 Å². The third-order valence-electron chi connectivity index (χ3n) is 6.08. The summed E-state index contributed by atoms with van der Waals surface area (Å²) in [5, 5.41) is 9.77. The Morgan fingerprint density at radius 1 is 0.972 bits per heavy atom. The second-order valence-corrected chi connectivity index (χ2v) is 10.3. The van der Waals surface area contributed by atoms with Gasteiger partial charge in [-0.1, -0.05) is 12.1 Å². The molecule has 0 spiro atoms. The summed E-state index contributed by atoms with van der Waals surface area (Å²) in [5.41, 5.74) is 2.38. The smallest absolute Gasteiger partial charge is 0.410 e. The number of nitrogens with zero attached hydrogens (tertiary/aromatic N) is 7. The van der Waals surface area contributed by atoms with Gasteiger partial charge in [-0.3, -0.25) is 4.68 Å². The molecule has 1 amide bonds. The average molecular weight is 489 g/mol. The Morgan fingerprint density at radius 3 is 2.39 bits per heavy atom. The summed E-state index contributed by atoms with van der Waals surface area (Å²) in [6.07, 6.45) is 5.26. The normalized spacial score (nSPS) is 14.6. The first kappa shape index (κ1) is 23.8. The highest BCUT2D eigenvalue weighted by Gasteiger charge is 2.26. The zero-order chi connectivity index (χ0) is 25.4. The Kier molecular flexibility index (Phi) is 6.11. The lowest BCUT2D eigenvalue weighted by molar-refractivity contribution is 0.0240. The molecule has 1 N–H and O–H groups in total. The molecule has 3 aromatic heterocycles. The molecule has 0 atom stereocenters. The number of benzene rings is 1. The van der Waals surface area contributed by atoms with Crippen molar-refractivity contribution in [3.05, 3.63) is 42.9 Å². The molecule has 0 unspecified atom stereocenters. The van der Waals surface area contributed by atoms with Crippen molar-refractivity contribution in [3.63, 3.8) is 0 Å². The number of aromatic nitrogens is 5. The van der Waals surface area contributed by atoms with Gasteiger partial charge in [0.15, 0.2) is 0 Å². The highest BCUT2D eigenvalue weighted by molar-refractivity contribution is 6.03. The van der Waals surface area contributed by atoms with Crippen molar-refractivity contribution in [2.24, 2.45) is 0 Å². The summed E-state index contributed by atoms with van der Waals surface area (Å²) in [7, 11) is 0. The van der Waals surface area contributed by atoms with Crippen LogP contribution in [0.5, 0.6) is 0 Å². The number of anilines is 3. The molecule has 36 heavy (non-hydrogen) atoms. The highest BCUT2D eigenvalue weighted by Crippen LogP contribution is 2.27. The number of hydrogen-bond acceptors (Lipinski definition) is 8. The van der Waals surface area contributed by atoms with Gasteiger partial charge in [-0.05, 0) is 46.8 Å². The van der Waals surface area contributed by atoms with Crippen LogP contribution in [0.4, 0.5) is 22.2 Å². The molecule has 5 rings (SSSR count). The minimum atomic E-state index is -0.489. The predicted octanol–water partition coefficient (Wildman–Crippen LogP) is 4.76. The largest absolute Gasteiger partial charge is 0.444 e. The fourth-order valence-electron chi connectivity index (χ4n) is 4.31. The van der Waals surface area contributed by atoms with Crippen LogP contribution >= 0.6 is 0 Å². The van der Waals surface area contributed by atoms with Gasteiger partial charge in [0.2, 0.25) is 5.95 Å². The molecule has 4 heterocycles. The molecule has 1 aromatic carbocycles. The molecular weight excluding hydrogens is 456 g/mol. The van der Waals surface area contributed by atoms with E-state index in [0.29, 0.717) is 24.9 Å². The van der Waals surface area contributed by atoms with Gasteiger partial charge in [0.25, 0.3) is 0 Å². The highest BCUT2D eigenvalue weighted by atomic mass is 16.6. The van der Waals surface area contributed by atoms with Gasteiger partial charge in [-0.25, -0.2) is 19.7 Å². The molecule has 1 aliphatic heterocycles. The van der Waals surface area contributed by atoms with E-state index in [2.05, 4.69) is 39.1 Å². The van der Waals surface area contributed by atoms with Crippen LogP contribution in [0.3, 0.4) is 0 Å². The van der Waals surface area contributed by atoms with E-state index in [0.717, 1.165) is 40.6 Å². The van der Waals surface area contributed by atoms with Crippen LogP contribution in [0.1, 0.15) is 40.7 Å². The van der Waals surface area contributed by atoms with Gasteiger partial charge in [-0.2, -0.15) is 5.10 Å². The predicted molar refractivity (Wildman–Crippen MR) is 141 cm³/mol. The van der Waals surface area contributed by atoms with Gasteiger partial charge in [0.05, 0.1) is 23.6 Å². The Bertz CT molecular complexity index is 1380. The molecule has 1 aliphatic rings. The van der Waals surface area contributed by atoms with Gasteiger partial charge >= 0.3 is 6.09 Å². The van der Waals surface area contributed by atoms with Crippen molar-refractivity contribution >= 4 is 45.4 Å². The first-order valence-electron chi connectivity index (χ1n) is 12.3. The van der Waals surface area contributed by atoms with Crippen molar-refractivity contribution in [2.45, 2.75) is 46.3 Å². The SMILES string of the molecule is CC(C)n1ncc2ccc3cnc(Nc4ccc(N5CCN(C(=O)OC(C)(C)C)CC5)cn4)nc3c21. The van der Waals surface area contributed by atoms with E-state index in [1.165, 1.54) is 0 Å². The third kappa shape index (κ3) is 4.89. The number of piperazine rings is 1. The van der Waals surface area contributed by atoms with Crippen molar-refractivity contribution in [3.8, 4) is 0 Å². The number of carbonyl (C=O) groups excluding carboxylic acids is 1.